The zero-order valence-corrected chi connectivity index (χ0v) is 8.65. The average molecular weight is 194 g/mol. The number of carboxylic acid groups (broad SMARTS) is 1. The van der Waals surface area contributed by atoms with Gasteiger partial charge in [0.1, 0.15) is 0 Å². The minimum atomic E-state index is -0.587. The molecule has 1 N–H and O–H groups in total. The number of fused-ring (bicyclic) bond motifs is 1. The van der Waals surface area contributed by atoms with Crippen molar-refractivity contribution in [2.24, 2.45) is 35.5 Å². The molecule has 3 rings (SSSR count). The highest BCUT2D eigenvalue weighted by molar-refractivity contribution is 5.67. The maximum Gasteiger partial charge on any atom is 0.303 e. The Labute approximate surface area is 84.7 Å². The molecular formula is C12H18O2. The molecule has 0 aliphatic heterocycles. The molecule has 3 fully saturated rings. The van der Waals surface area contributed by atoms with Gasteiger partial charge in [0, 0.05) is 6.42 Å². The zero-order chi connectivity index (χ0) is 9.87. The molecule has 6 atom stereocenters. The third-order valence-corrected chi connectivity index (χ3v) is 5.30. The van der Waals surface area contributed by atoms with Crippen LogP contribution in [0.2, 0.25) is 0 Å². The molecule has 2 bridgehead atoms. The molecule has 3 saturated carbocycles. The van der Waals surface area contributed by atoms with Gasteiger partial charge in [-0.05, 0) is 54.8 Å². The predicted molar refractivity (Wildman–Crippen MR) is 52.7 cm³/mol. The van der Waals surface area contributed by atoms with Crippen LogP contribution in [0.4, 0.5) is 0 Å². The van der Waals surface area contributed by atoms with Crippen molar-refractivity contribution in [3.8, 4) is 0 Å². The predicted octanol–water partition coefficient (Wildman–Crippen LogP) is 2.39. The highest BCUT2D eigenvalue weighted by Gasteiger charge is 2.60. The number of hydrogen-bond donors (Lipinski definition) is 1. The molecule has 14 heavy (non-hydrogen) atoms. The summed E-state index contributed by atoms with van der Waals surface area (Å²) >= 11 is 0. The van der Waals surface area contributed by atoms with E-state index >= 15 is 0 Å². The van der Waals surface area contributed by atoms with E-state index in [0.717, 1.165) is 29.6 Å². The molecule has 3 aliphatic rings. The highest BCUT2D eigenvalue weighted by Crippen LogP contribution is 2.66. The van der Waals surface area contributed by atoms with E-state index in [-0.39, 0.29) is 0 Å². The second kappa shape index (κ2) is 2.74. The van der Waals surface area contributed by atoms with Crippen molar-refractivity contribution in [1.29, 1.82) is 0 Å². The van der Waals surface area contributed by atoms with Crippen molar-refractivity contribution in [1.82, 2.24) is 0 Å². The molecule has 3 aliphatic carbocycles. The fourth-order valence-electron chi connectivity index (χ4n) is 4.75. The first-order valence-corrected chi connectivity index (χ1v) is 5.90. The number of rotatable bonds is 2. The molecule has 0 spiro atoms. The van der Waals surface area contributed by atoms with Gasteiger partial charge in [0.15, 0.2) is 0 Å². The van der Waals surface area contributed by atoms with Crippen LogP contribution < -0.4 is 0 Å². The van der Waals surface area contributed by atoms with E-state index in [1.165, 1.54) is 19.3 Å². The minimum Gasteiger partial charge on any atom is -0.481 e. The van der Waals surface area contributed by atoms with E-state index in [1.54, 1.807) is 0 Å². The Morgan fingerprint density at radius 1 is 1.36 bits per heavy atom. The van der Waals surface area contributed by atoms with E-state index in [1.807, 2.05) is 0 Å². The Bertz CT molecular complexity index is 267. The third kappa shape index (κ3) is 0.945. The Kier molecular flexibility index (Phi) is 1.71. The van der Waals surface area contributed by atoms with E-state index in [0.29, 0.717) is 12.3 Å². The van der Waals surface area contributed by atoms with Gasteiger partial charge < -0.3 is 5.11 Å². The molecule has 0 saturated heterocycles. The Morgan fingerprint density at radius 2 is 2.14 bits per heavy atom. The maximum atomic E-state index is 10.7. The summed E-state index contributed by atoms with van der Waals surface area (Å²) in [5.74, 6) is 4.22. The largest absolute Gasteiger partial charge is 0.481 e. The van der Waals surface area contributed by atoms with Gasteiger partial charge in [0.05, 0.1) is 0 Å². The van der Waals surface area contributed by atoms with Gasteiger partial charge in [-0.2, -0.15) is 0 Å². The van der Waals surface area contributed by atoms with E-state index < -0.39 is 5.97 Å². The van der Waals surface area contributed by atoms with Crippen LogP contribution in [0.3, 0.4) is 0 Å². The molecule has 0 radical (unpaired) electrons. The smallest absolute Gasteiger partial charge is 0.303 e. The van der Waals surface area contributed by atoms with Crippen LogP contribution in [0, 0.1) is 35.5 Å². The molecule has 2 nitrogen and oxygen atoms in total. The fraction of sp³-hybridized carbons (Fsp3) is 0.917. The number of carboxylic acids is 1. The fourth-order valence-corrected chi connectivity index (χ4v) is 4.75. The normalized spacial score (nSPS) is 54.1. The molecule has 2 heteroatoms. The van der Waals surface area contributed by atoms with Crippen molar-refractivity contribution in [3.63, 3.8) is 0 Å². The highest BCUT2D eigenvalue weighted by atomic mass is 16.4. The second-order valence-corrected chi connectivity index (χ2v) is 5.60. The SMILES string of the molecule is CC1C2CCC3C(CC(=O)O)C(C2)C13. The molecule has 0 aromatic rings. The van der Waals surface area contributed by atoms with Crippen molar-refractivity contribution >= 4 is 5.97 Å². The Morgan fingerprint density at radius 3 is 2.86 bits per heavy atom. The van der Waals surface area contributed by atoms with Crippen molar-refractivity contribution in [2.75, 3.05) is 0 Å². The molecule has 0 amide bonds. The second-order valence-electron chi connectivity index (χ2n) is 5.60. The van der Waals surface area contributed by atoms with E-state index in [4.69, 9.17) is 5.11 Å². The van der Waals surface area contributed by atoms with Gasteiger partial charge in [-0.15, -0.1) is 0 Å². The third-order valence-electron chi connectivity index (χ3n) is 5.30. The minimum absolute atomic E-state index is 0.436. The zero-order valence-electron chi connectivity index (χ0n) is 8.65. The van der Waals surface area contributed by atoms with Gasteiger partial charge >= 0.3 is 5.97 Å². The first-order valence-electron chi connectivity index (χ1n) is 5.90. The molecule has 78 valence electrons. The lowest BCUT2D eigenvalue weighted by Gasteiger charge is -2.52. The topological polar surface area (TPSA) is 37.3 Å². The van der Waals surface area contributed by atoms with Crippen LogP contribution >= 0.6 is 0 Å². The van der Waals surface area contributed by atoms with E-state index in [9.17, 15) is 4.79 Å². The van der Waals surface area contributed by atoms with Crippen LogP contribution in [-0.4, -0.2) is 11.1 Å². The molecule has 0 aromatic heterocycles. The first kappa shape index (κ1) is 8.75. The van der Waals surface area contributed by atoms with Crippen LogP contribution in [0.5, 0.6) is 0 Å². The quantitative estimate of drug-likeness (QED) is 0.732. The lowest BCUT2D eigenvalue weighted by molar-refractivity contribution is -0.143. The summed E-state index contributed by atoms with van der Waals surface area (Å²) in [6, 6.07) is 0. The van der Waals surface area contributed by atoms with Crippen LogP contribution in [0.15, 0.2) is 0 Å². The monoisotopic (exact) mass is 194 g/mol. The van der Waals surface area contributed by atoms with Crippen LogP contribution in [-0.2, 0) is 4.79 Å². The van der Waals surface area contributed by atoms with Gasteiger partial charge in [-0.3, -0.25) is 4.79 Å². The standard InChI is InChI=1S/C12H18O2/c1-6-7-2-3-8-9(5-11(13)14)10(4-7)12(6)8/h6-10,12H,2-5H2,1H3,(H,13,14). The summed E-state index contributed by atoms with van der Waals surface area (Å²) in [6.07, 6.45) is 4.45. The summed E-state index contributed by atoms with van der Waals surface area (Å²) in [7, 11) is 0. The first-order chi connectivity index (χ1) is 6.68. The maximum absolute atomic E-state index is 10.7. The van der Waals surface area contributed by atoms with Crippen LogP contribution in [0.1, 0.15) is 32.6 Å². The molecule has 6 unspecified atom stereocenters. The van der Waals surface area contributed by atoms with Crippen LogP contribution in [0.25, 0.3) is 0 Å². The molecule has 0 heterocycles. The van der Waals surface area contributed by atoms with Crippen molar-refractivity contribution < 1.29 is 9.90 Å². The summed E-state index contributed by atoms with van der Waals surface area (Å²) < 4.78 is 0. The summed E-state index contributed by atoms with van der Waals surface area (Å²) in [4.78, 5) is 10.7. The summed E-state index contributed by atoms with van der Waals surface area (Å²) in [5.41, 5.74) is 0. The number of carbonyl (C=O) groups is 1. The molecular weight excluding hydrogens is 176 g/mol. The summed E-state index contributed by atoms with van der Waals surface area (Å²) in [6.45, 7) is 2.39. The van der Waals surface area contributed by atoms with Gasteiger partial charge in [0.2, 0.25) is 0 Å². The van der Waals surface area contributed by atoms with Gasteiger partial charge in [-0.1, -0.05) is 6.92 Å². The van der Waals surface area contributed by atoms with Gasteiger partial charge in [-0.25, -0.2) is 0 Å². The average Bonchev–Trinajstić information content (AvgIpc) is 2.31. The van der Waals surface area contributed by atoms with Crippen molar-refractivity contribution in [3.05, 3.63) is 0 Å². The van der Waals surface area contributed by atoms with Gasteiger partial charge in [0.25, 0.3) is 0 Å². The Hall–Kier alpha value is -0.530. The van der Waals surface area contributed by atoms with Crippen molar-refractivity contribution in [2.45, 2.75) is 32.6 Å². The number of aliphatic carboxylic acids is 1. The molecule has 0 aromatic carbocycles. The number of hydrogen-bond acceptors (Lipinski definition) is 1. The lowest BCUT2D eigenvalue weighted by Crippen LogP contribution is -2.47. The lowest BCUT2D eigenvalue weighted by atomic mass is 9.53. The Balaban J connectivity index is 1.78. The van der Waals surface area contributed by atoms with E-state index in [2.05, 4.69) is 6.92 Å². The summed E-state index contributed by atoms with van der Waals surface area (Å²) in [5, 5.41) is 8.86.